The SMILES string of the molecule is Cc1cc(C2OC=CO2)c(C)cc1NC(c1ccccc1)c1ccccc1. The Morgan fingerprint density at radius 2 is 1.30 bits per heavy atom. The Labute approximate surface area is 160 Å². The lowest BCUT2D eigenvalue weighted by Gasteiger charge is -2.24. The van der Waals surface area contributed by atoms with Crippen LogP contribution in [0.4, 0.5) is 5.69 Å². The van der Waals surface area contributed by atoms with Crippen LogP contribution in [0.25, 0.3) is 0 Å². The van der Waals surface area contributed by atoms with Crippen molar-refractivity contribution in [3.63, 3.8) is 0 Å². The van der Waals surface area contributed by atoms with Crippen molar-refractivity contribution in [2.24, 2.45) is 0 Å². The van der Waals surface area contributed by atoms with E-state index in [1.165, 1.54) is 11.1 Å². The van der Waals surface area contributed by atoms with Gasteiger partial charge >= 0.3 is 0 Å². The molecule has 0 spiro atoms. The lowest BCUT2D eigenvalue weighted by molar-refractivity contribution is -0.0250. The average molecular weight is 357 g/mol. The van der Waals surface area contributed by atoms with Crippen LogP contribution in [0.2, 0.25) is 0 Å². The van der Waals surface area contributed by atoms with Crippen molar-refractivity contribution in [3.05, 3.63) is 113 Å². The summed E-state index contributed by atoms with van der Waals surface area (Å²) in [4.78, 5) is 0. The van der Waals surface area contributed by atoms with Crippen molar-refractivity contribution < 1.29 is 9.47 Å². The molecule has 0 saturated carbocycles. The highest BCUT2D eigenvalue weighted by atomic mass is 16.7. The lowest BCUT2D eigenvalue weighted by Crippen LogP contribution is -2.14. The van der Waals surface area contributed by atoms with Gasteiger partial charge in [-0.25, -0.2) is 0 Å². The molecule has 1 aliphatic heterocycles. The molecular weight excluding hydrogens is 334 g/mol. The standard InChI is InChI=1S/C24H23NO2/c1-17-16-22(18(2)15-21(17)24-26-13-14-27-24)25-23(19-9-5-3-6-10-19)20-11-7-4-8-12-20/h3-16,23-25H,1-2H3. The Hall–Kier alpha value is -3.20. The molecule has 1 aliphatic rings. The fourth-order valence-corrected chi connectivity index (χ4v) is 3.44. The molecular formula is C24H23NO2. The predicted molar refractivity (Wildman–Crippen MR) is 108 cm³/mol. The number of ether oxygens (including phenoxy) is 2. The van der Waals surface area contributed by atoms with Gasteiger partial charge in [-0.15, -0.1) is 0 Å². The van der Waals surface area contributed by atoms with Crippen LogP contribution in [0.5, 0.6) is 0 Å². The van der Waals surface area contributed by atoms with E-state index >= 15 is 0 Å². The van der Waals surface area contributed by atoms with E-state index in [2.05, 4.69) is 79.8 Å². The minimum absolute atomic E-state index is 0.0806. The normalized spacial score (nSPS) is 13.4. The fraction of sp³-hybridized carbons (Fsp3) is 0.167. The molecule has 0 unspecified atom stereocenters. The monoisotopic (exact) mass is 357 g/mol. The Morgan fingerprint density at radius 1 is 0.741 bits per heavy atom. The molecule has 0 amide bonds. The summed E-state index contributed by atoms with van der Waals surface area (Å²) < 4.78 is 11.0. The van der Waals surface area contributed by atoms with Crippen molar-refractivity contribution in [1.29, 1.82) is 0 Å². The number of hydrogen-bond acceptors (Lipinski definition) is 3. The third-order valence-corrected chi connectivity index (χ3v) is 4.89. The summed E-state index contributed by atoms with van der Waals surface area (Å²) in [6.45, 7) is 4.20. The van der Waals surface area contributed by atoms with Crippen molar-refractivity contribution in [1.82, 2.24) is 0 Å². The van der Waals surface area contributed by atoms with Crippen LogP contribution < -0.4 is 5.32 Å². The van der Waals surface area contributed by atoms with Crippen LogP contribution in [0.15, 0.2) is 85.3 Å². The summed E-state index contributed by atoms with van der Waals surface area (Å²) in [6, 6.07) is 25.4. The van der Waals surface area contributed by atoms with E-state index < -0.39 is 0 Å². The Morgan fingerprint density at radius 3 is 1.85 bits per heavy atom. The smallest absolute Gasteiger partial charge is 0.266 e. The summed E-state index contributed by atoms with van der Waals surface area (Å²) in [5.41, 5.74) is 6.93. The quantitative estimate of drug-likeness (QED) is 0.605. The van der Waals surface area contributed by atoms with E-state index in [4.69, 9.17) is 9.47 Å². The van der Waals surface area contributed by atoms with Crippen LogP contribution >= 0.6 is 0 Å². The largest absolute Gasteiger partial charge is 0.455 e. The molecule has 0 saturated heterocycles. The highest BCUT2D eigenvalue weighted by molar-refractivity contribution is 5.58. The van der Waals surface area contributed by atoms with Crippen LogP contribution in [0.3, 0.4) is 0 Å². The Kier molecular flexibility index (Phi) is 4.84. The first-order valence-electron chi connectivity index (χ1n) is 9.16. The number of hydrogen-bond donors (Lipinski definition) is 1. The zero-order valence-corrected chi connectivity index (χ0v) is 15.6. The predicted octanol–water partition coefficient (Wildman–Crippen LogP) is 6.02. The molecule has 0 aliphatic carbocycles. The molecule has 3 nitrogen and oxygen atoms in total. The van der Waals surface area contributed by atoms with Gasteiger partial charge in [-0.1, -0.05) is 60.7 Å². The van der Waals surface area contributed by atoms with Gasteiger partial charge in [0.1, 0.15) is 12.5 Å². The van der Waals surface area contributed by atoms with Crippen molar-refractivity contribution in [2.75, 3.05) is 5.32 Å². The van der Waals surface area contributed by atoms with Gasteiger partial charge < -0.3 is 14.8 Å². The highest BCUT2D eigenvalue weighted by Crippen LogP contribution is 2.33. The van der Waals surface area contributed by atoms with Gasteiger partial charge in [0, 0.05) is 11.3 Å². The summed E-state index contributed by atoms with van der Waals surface area (Å²) in [5, 5.41) is 3.74. The van der Waals surface area contributed by atoms with E-state index in [-0.39, 0.29) is 12.3 Å². The van der Waals surface area contributed by atoms with E-state index in [0.29, 0.717) is 0 Å². The third-order valence-electron chi connectivity index (χ3n) is 4.89. The second-order valence-corrected chi connectivity index (χ2v) is 6.80. The van der Waals surface area contributed by atoms with Crippen LogP contribution in [-0.2, 0) is 9.47 Å². The Balaban J connectivity index is 1.68. The molecule has 27 heavy (non-hydrogen) atoms. The first kappa shape index (κ1) is 17.2. The number of benzene rings is 3. The number of aryl methyl sites for hydroxylation is 2. The summed E-state index contributed by atoms with van der Waals surface area (Å²) in [6.07, 6.45) is 2.83. The number of anilines is 1. The van der Waals surface area contributed by atoms with Gasteiger partial charge in [-0.05, 0) is 48.2 Å². The van der Waals surface area contributed by atoms with Gasteiger partial charge in [-0.2, -0.15) is 0 Å². The molecule has 3 heteroatoms. The number of nitrogens with one attached hydrogen (secondary N) is 1. The minimum atomic E-state index is -0.350. The fourth-order valence-electron chi connectivity index (χ4n) is 3.44. The van der Waals surface area contributed by atoms with Crippen molar-refractivity contribution in [2.45, 2.75) is 26.2 Å². The zero-order valence-electron chi connectivity index (χ0n) is 15.6. The zero-order chi connectivity index (χ0) is 18.6. The maximum absolute atomic E-state index is 5.51. The van der Waals surface area contributed by atoms with E-state index in [9.17, 15) is 0 Å². The van der Waals surface area contributed by atoms with Gasteiger partial charge in [0.2, 0.25) is 0 Å². The molecule has 4 rings (SSSR count). The summed E-state index contributed by atoms with van der Waals surface area (Å²) in [7, 11) is 0. The van der Waals surface area contributed by atoms with Crippen LogP contribution in [0.1, 0.15) is 40.1 Å². The van der Waals surface area contributed by atoms with Crippen LogP contribution in [0, 0.1) is 13.8 Å². The molecule has 0 fully saturated rings. The first-order valence-corrected chi connectivity index (χ1v) is 9.16. The Bertz CT molecular complexity index is 888. The molecule has 0 radical (unpaired) electrons. The number of rotatable bonds is 5. The first-order chi connectivity index (χ1) is 13.2. The molecule has 3 aromatic carbocycles. The minimum Gasteiger partial charge on any atom is -0.455 e. The lowest BCUT2D eigenvalue weighted by atomic mass is 9.97. The second-order valence-electron chi connectivity index (χ2n) is 6.80. The molecule has 1 N–H and O–H groups in total. The second kappa shape index (κ2) is 7.58. The van der Waals surface area contributed by atoms with Crippen molar-refractivity contribution >= 4 is 5.69 Å². The van der Waals surface area contributed by atoms with Gasteiger partial charge in [0.05, 0.1) is 6.04 Å². The molecule has 3 aromatic rings. The van der Waals surface area contributed by atoms with E-state index in [1.54, 1.807) is 12.5 Å². The van der Waals surface area contributed by atoms with Crippen LogP contribution in [-0.4, -0.2) is 0 Å². The average Bonchev–Trinajstić information content (AvgIpc) is 3.24. The molecule has 1 heterocycles. The van der Waals surface area contributed by atoms with Gasteiger partial charge in [0.15, 0.2) is 0 Å². The summed E-state index contributed by atoms with van der Waals surface area (Å²) in [5.74, 6) is 0. The summed E-state index contributed by atoms with van der Waals surface area (Å²) >= 11 is 0. The molecule has 0 atom stereocenters. The van der Waals surface area contributed by atoms with E-state index in [1.807, 2.05) is 12.1 Å². The molecule has 0 bridgehead atoms. The molecule has 136 valence electrons. The highest BCUT2D eigenvalue weighted by Gasteiger charge is 2.20. The topological polar surface area (TPSA) is 30.5 Å². The maximum Gasteiger partial charge on any atom is 0.266 e. The van der Waals surface area contributed by atoms with Crippen molar-refractivity contribution in [3.8, 4) is 0 Å². The maximum atomic E-state index is 5.51. The van der Waals surface area contributed by atoms with Gasteiger partial charge in [-0.3, -0.25) is 0 Å². The third kappa shape index (κ3) is 3.68. The van der Waals surface area contributed by atoms with Gasteiger partial charge in [0.25, 0.3) is 6.29 Å². The molecule has 0 aromatic heterocycles. The van der Waals surface area contributed by atoms with E-state index in [0.717, 1.165) is 22.4 Å².